The number of benzene rings is 2. The van der Waals surface area contributed by atoms with Crippen LogP contribution in [0.25, 0.3) is 10.8 Å². The molecule has 9 heteroatoms. The summed E-state index contributed by atoms with van der Waals surface area (Å²) < 4.78 is 48.2. The summed E-state index contributed by atoms with van der Waals surface area (Å²) in [6.07, 6.45) is 0. The molecular formula is C18H26NaO6S2-. The number of rotatable bonds is 0. The van der Waals surface area contributed by atoms with Crippen LogP contribution in [-0.2, 0) is 33.6 Å². The summed E-state index contributed by atoms with van der Waals surface area (Å²) in [6.45, 7) is 13.8. The first-order valence-corrected chi connectivity index (χ1v) is 9.83. The van der Waals surface area contributed by atoms with E-state index in [2.05, 4.69) is 77.9 Å². The Labute approximate surface area is 188 Å². The first-order valence-electron chi connectivity index (χ1n) is 7.77. The molecule has 2 aromatic rings. The molecule has 27 heavy (non-hydrogen) atoms. The Morgan fingerprint density at radius 3 is 1.56 bits per heavy atom. The van der Waals surface area contributed by atoms with Gasteiger partial charge in [0.1, 0.15) is 0 Å². The van der Waals surface area contributed by atoms with Crippen LogP contribution < -0.4 is 29.6 Å². The summed E-state index contributed by atoms with van der Waals surface area (Å²) in [7, 11) is 0. The van der Waals surface area contributed by atoms with Crippen LogP contribution in [0.15, 0.2) is 36.4 Å². The van der Waals surface area contributed by atoms with Crippen LogP contribution in [0.4, 0.5) is 0 Å². The van der Waals surface area contributed by atoms with Crippen molar-refractivity contribution in [2.45, 2.75) is 52.4 Å². The third-order valence-electron chi connectivity index (χ3n) is 3.49. The molecule has 148 valence electrons. The zero-order valence-corrected chi connectivity index (χ0v) is 20.4. The Morgan fingerprint density at radius 1 is 0.778 bits per heavy atom. The van der Waals surface area contributed by atoms with Crippen molar-refractivity contribution in [2.75, 3.05) is 0 Å². The molecule has 2 unspecified atom stereocenters. The Hall–Kier alpha value is -0.160. The van der Waals surface area contributed by atoms with Gasteiger partial charge in [0.25, 0.3) is 0 Å². The normalized spacial score (nSPS) is 13.3. The first kappa shape index (κ1) is 29.0. The summed E-state index contributed by atoms with van der Waals surface area (Å²) in [6, 6.07) is 13.3. The second-order valence-corrected chi connectivity index (χ2v) is 8.51. The van der Waals surface area contributed by atoms with Gasteiger partial charge in [0.15, 0.2) is 0 Å². The van der Waals surface area contributed by atoms with E-state index in [1.807, 2.05) is 0 Å². The van der Waals surface area contributed by atoms with Crippen molar-refractivity contribution in [1.29, 1.82) is 0 Å². The maximum Gasteiger partial charge on any atom is 1.00 e. The van der Waals surface area contributed by atoms with E-state index in [-0.39, 0.29) is 40.4 Å². The van der Waals surface area contributed by atoms with E-state index in [0.29, 0.717) is 0 Å². The molecular weight excluding hydrogens is 399 g/mol. The molecule has 2 aromatic carbocycles. The summed E-state index contributed by atoms with van der Waals surface area (Å²) in [5, 5.41) is 2.74. The molecule has 0 radical (unpaired) electrons. The molecule has 2 rings (SSSR count). The zero-order valence-electron chi connectivity index (χ0n) is 16.8. The van der Waals surface area contributed by atoms with Crippen LogP contribution in [0.1, 0.15) is 52.7 Å². The van der Waals surface area contributed by atoms with Gasteiger partial charge in [-0.05, 0) is 32.7 Å². The smallest absolute Gasteiger partial charge is 0.750 e. The second-order valence-electron chi connectivity index (χ2n) is 7.64. The predicted molar refractivity (Wildman–Crippen MR) is 104 cm³/mol. The van der Waals surface area contributed by atoms with E-state index in [0.717, 1.165) is 0 Å². The van der Waals surface area contributed by atoms with Gasteiger partial charge in [-0.25, -0.2) is 8.42 Å². The van der Waals surface area contributed by atoms with Gasteiger partial charge in [0, 0.05) is 0 Å². The van der Waals surface area contributed by atoms with Gasteiger partial charge in [-0.3, -0.25) is 0 Å². The van der Waals surface area contributed by atoms with Gasteiger partial charge < -0.3 is 18.2 Å². The fourth-order valence-corrected chi connectivity index (χ4v) is 2.70. The van der Waals surface area contributed by atoms with Crippen LogP contribution in [-0.4, -0.2) is 26.6 Å². The van der Waals surface area contributed by atoms with Gasteiger partial charge in [-0.2, -0.15) is 0 Å². The van der Waals surface area contributed by atoms with E-state index in [4.69, 9.17) is 26.6 Å². The maximum atomic E-state index is 8.56. The predicted octanol–water partition coefficient (Wildman–Crippen LogP) is 1.12. The maximum absolute atomic E-state index is 8.56. The average molecular weight is 426 g/mol. The standard InChI is InChI=1S/C18H24.Na.2H2O3S/c1-17(2,3)15-12-11-13-9-7-8-10-14(13)16(15)18(4,5)6;;2*1-4(2)3/h7-12H,1-6H3;;2*(H2,1,2,3)/q;+1;;/p-2. The molecule has 0 aliphatic carbocycles. The third-order valence-corrected chi connectivity index (χ3v) is 3.49. The van der Waals surface area contributed by atoms with Crippen molar-refractivity contribution in [3.63, 3.8) is 0 Å². The Bertz CT molecular complexity index is 747. The molecule has 0 amide bonds. The minimum Gasteiger partial charge on any atom is -0.750 e. The quantitative estimate of drug-likeness (QED) is 0.482. The topological polar surface area (TPSA) is 121 Å². The first-order chi connectivity index (χ1) is 11.7. The van der Waals surface area contributed by atoms with Crippen LogP contribution in [0.3, 0.4) is 0 Å². The second kappa shape index (κ2) is 12.4. The monoisotopic (exact) mass is 425 g/mol. The van der Waals surface area contributed by atoms with Crippen LogP contribution in [0.5, 0.6) is 0 Å². The van der Waals surface area contributed by atoms with Crippen molar-refractivity contribution >= 4 is 33.5 Å². The fourth-order valence-electron chi connectivity index (χ4n) is 2.70. The summed E-state index contributed by atoms with van der Waals surface area (Å²) in [5.74, 6) is 0. The van der Waals surface area contributed by atoms with Crippen molar-refractivity contribution in [2.24, 2.45) is 0 Å². The van der Waals surface area contributed by atoms with E-state index < -0.39 is 22.7 Å². The zero-order chi connectivity index (χ0) is 20.7. The van der Waals surface area contributed by atoms with Crippen LogP contribution in [0.2, 0.25) is 0 Å². The Morgan fingerprint density at radius 2 is 1.19 bits per heavy atom. The molecule has 0 bridgehead atoms. The van der Waals surface area contributed by atoms with Gasteiger partial charge >= 0.3 is 29.6 Å². The van der Waals surface area contributed by atoms with Gasteiger partial charge in [0.05, 0.1) is 22.7 Å². The molecule has 0 saturated heterocycles. The van der Waals surface area contributed by atoms with Crippen molar-refractivity contribution < 1.29 is 56.2 Å². The summed E-state index contributed by atoms with van der Waals surface area (Å²) >= 11 is -5.72. The Balaban J connectivity index is 0. The molecule has 0 saturated carbocycles. The largest absolute Gasteiger partial charge is 1.00 e. The van der Waals surface area contributed by atoms with Crippen LogP contribution in [0, 0.1) is 0 Å². The minimum absolute atomic E-state index is 0. The summed E-state index contributed by atoms with van der Waals surface area (Å²) in [4.78, 5) is 0. The van der Waals surface area contributed by atoms with E-state index in [1.165, 1.54) is 21.9 Å². The molecule has 0 aliphatic heterocycles. The molecule has 0 spiro atoms. The van der Waals surface area contributed by atoms with Crippen LogP contribution >= 0.6 is 0 Å². The number of fused-ring (bicyclic) bond motifs is 1. The van der Waals surface area contributed by atoms with E-state index in [9.17, 15) is 0 Å². The number of hydrogen-bond donors (Lipinski definition) is 2. The average Bonchev–Trinajstić information content (AvgIpc) is 2.42. The fraction of sp³-hybridized carbons (Fsp3) is 0.444. The number of hydrogen-bond acceptors (Lipinski definition) is 4. The molecule has 0 aliphatic rings. The molecule has 0 aromatic heterocycles. The van der Waals surface area contributed by atoms with Gasteiger partial charge in [0.2, 0.25) is 0 Å². The van der Waals surface area contributed by atoms with E-state index in [1.54, 1.807) is 0 Å². The third kappa shape index (κ3) is 11.4. The van der Waals surface area contributed by atoms with Crippen molar-refractivity contribution in [3.8, 4) is 0 Å². The van der Waals surface area contributed by atoms with Crippen molar-refractivity contribution in [3.05, 3.63) is 47.5 Å². The minimum atomic E-state index is -2.86. The molecule has 2 N–H and O–H groups in total. The molecule has 0 heterocycles. The van der Waals surface area contributed by atoms with Gasteiger partial charge in [-0.1, -0.05) is 77.9 Å². The SMILES string of the molecule is CC(C)(C)c1ccc2ccccc2c1C(C)(C)C.O=S([O-])O.O=S([O-])O.[Na+]. The van der Waals surface area contributed by atoms with Crippen molar-refractivity contribution in [1.82, 2.24) is 0 Å². The van der Waals surface area contributed by atoms with Gasteiger partial charge in [-0.15, -0.1) is 0 Å². The molecule has 2 atom stereocenters. The Kier molecular flexibility index (Phi) is 13.4. The molecule has 0 fully saturated rings. The molecule has 6 nitrogen and oxygen atoms in total. The summed E-state index contributed by atoms with van der Waals surface area (Å²) in [5.41, 5.74) is 3.32. The van der Waals surface area contributed by atoms with E-state index >= 15 is 0 Å².